The largest absolute Gasteiger partial charge is 3.00 e. The summed E-state index contributed by atoms with van der Waals surface area (Å²) in [6.45, 7) is 0. The molecule has 18 heavy (non-hydrogen) atoms. The van der Waals surface area contributed by atoms with Crippen LogP contribution in [0.5, 0.6) is 0 Å². The van der Waals surface area contributed by atoms with Crippen LogP contribution in [0.1, 0.15) is 12.8 Å². The smallest absolute Gasteiger partial charge is 0.625 e. The molecule has 0 aliphatic carbocycles. The van der Waals surface area contributed by atoms with Gasteiger partial charge in [0.25, 0.3) is 5.97 Å². The minimum absolute atomic E-state index is 0. The maximum atomic E-state index is 10.7. The number of hydrogen-bond donors (Lipinski definition) is 1. The van der Waals surface area contributed by atoms with Crippen LogP contribution in [0.4, 0.5) is 0 Å². The van der Waals surface area contributed by atoms with Gasteiger partial charge in [-0.1, -0.05) is 6.42 Å². The van der Waals surface area contributed by atoms with Crippen LogP contribution in [0.15, 0.2) is 0 Å². The minimum Gasteiger partial charge on any atom is -0.625 e. The second kappa shape index (κ2) is 26.3. The molecule has 0 bridgehead atoms. The predicted molar refractivity (Wildman–Crippen MR) is 72.9 cm³/mol. The van der Waals surface area contributed by atoms with Crippen molar-refractivity contribution >= 4 is 5.97 Å². The molecule has 0 aromatic heterocycles. The standard InChI is InChI=1S/C6H10NO3.6CH3.2Rh/c1-10-6(9)4-2-3-5(8)7-4;;;;;;;;/h4-5,8H,2-3H2,1H3;6*1H3;;/q7*-1;;+3/t4-,5?;;;;;;;;/m0......../s1. The maximum Gasteiger partial charge on any atom is 3.00 e. The first-order valence-corrected chi connectivity index (χ1v) is 3.20. The Labute approximate surface area is 141 Å². The molecule has 1 rings (SSSR count). The van der Waals surface area contributed by atoms with Crippen LogP contribution < -0.4 is 0 Å². The molecule has 0 aromatic rings. The molecule has 1 unspecified atom stereocenters. The summed E-state index contributed by atoms with van der Waals surface area (Å²) in [5.74, 6) is -0.350. The van der Waals surface area contributed by atoms with Gasteiger partial charge in [0, 0.05) is 19.5 Å². The van der Waals surface area contributed by atoms with Gasteiger partial charge in [0.1, 0.15) is 0 Å². The molecule has 0 aromatic carbocycles. The Bertz CT molecular complexity index is 149. The predicted octanol–water partition coefficient (Wildman–Crippen LogP) is 2.71. The Morgan fingerprint density at radius 3 is 1.72 bits per heavy atom. The van der Waals surface area contributed by atoms with Crippen LogP contribution in [0.2, 0.25) is 0 Å². The fourth-order valence-electron chi connectivity index (χ4n) is 0.978. The van der Waals surface area contributed by atoms with E-state index >= 15 is 0 Å². The Hall–Kier alpha value is 0.637. The first kappa shape index (κ1) is 51.2. The number of methoxy groups -OCH3 is 1. The fraction of sp³-hybridized carbons (Fsp3) is 0.417. The molecule has 6 heteroatoms. The van der Waals surface area contributed by atoms with Gasteiger partial charge < -0.3 is 59.7 Å². The fourth-order valence-corrected chi connectivity index (χ4v) is 0.978. The van der Waals surface area contributed by atoms with Gasteiger partial charge in [-0.2, -0.15) is 0 Å². The zero-order valence-electron chi connectivity index (χ0n) is 12.4. The summed E-state index contributed by atoms with van der Waals surface area (Å²) in [6.07, 6.45) is 0.511. The van der Waals surface area contributed by atoms with E-state index in [9.17, 15) is 4.79 Å². The van der Waals surface area contributed by atoms with Crippen molar-refractivity contribution in [2.45, 2.75) is 25.1 Å². The normalized spacial score (nSPS) is 17.9. The summed E-state index contributed by atoms with van der Waals surface area (Å²) < 4.78 is 4.44. The number of aliphatic hydroxyl groups is 1. The number of aliphatic hydroxyl groups excluding tert-OH is 1. The van der Waals surface area contributed by atoms with Crippen molar-refractivity contribution in [1.82, 2.24) is 0 Å². The number of esters is 1. The second-order valence-electron chi connectivity index (χ2n) is 2.25. The molecular weight excluding hydrogens is 412 g/mol. The molecule has 0 saturated carbocycles. The van der Waals surface area contributed by atoms with Crippen molar-refractivity contribution in [2.24, 2.45) is 0 Å². The molecule has 121 valence electrons. The van der Waals surface area contributed by atoms with E-state index in [4.69, 9.17) is 5.11 Å². The van der Waals surface area contributed by atoms with Crippen LogP contribution in [0.3, 0.4) is 0 Å². The number of carbonyl (C=O) groups is 1. The van der Waals surface area contributed by atoms with Gasteiger partial charge in [0.15, 0.2) is 0 Å². The van der Waals surface area contributed by atoms with E-state index in [2.05, 4.69) is 10.1 Å². The van der Waals surface area contributed by atoms with Crippen molar-refractivity contribution in [3.05, 3.63) is 49.9 Å². The molecule has 0 amide bonds. The van der Waals surface area contributed by atoms with Crippen molar-refractivity contribution in [2.75, 3.05) is 7.11 Å². The molecule has 1 radical (unpaired) electrons. The Morgan fingerprint density at radius 2 is 1.50 bits per heavy atom. The maximum absolute atomic E-state index is 10.7. The Balaban J connectivity index is -0.0000000208. The molecule has 4 nitrogen and oxygen atoms in total. The average molecular weight is 440 g/mol. The van der Waals surface area contributed by atoms with Crippen LogP contribution in [0.25, 0.3) is 5.32 Å². The molecule has 0 spiro atoms. The van der Waals surface area contributed by atoms with E-state index in [0.29, 0.717) is 12.8 Å². The van der Waals surface area contributed by atoms with Gasteiger partial charge in [-0.15, -0.1) is 0 Å². The third kappa shape index (κ3) is 16.6. The van der Waals surface area contributed by atoms with Gasteiger partial charge in [-0.3, -0.25) is 4.79 Å². The zero-order chi connectivity index (χ0) is 7.56. The van der Waals surface area contributed by atoms with Gasteiger partial charge in [0.05, 0.1) is 7.11 Å². The van der Waals surface area contributed by atoms with Crippen LogP contribution >= 0.6 is 0 Å². The van der Waals surface area contributed by atoms with E-state index in [1.54, 1.807) is 0 Å². The molecule has 1 saturated heterocycles. The SMILES string of the molecule is COC(=O)[C@@H]1CCC(O)[N-]1.[CH3-].[CH3-].[CH3-].[CH3-].[CH3-].[CH3-].[Rh+3].[Rh]. The quantitative estimate of drug-likeness (QED) is 0.388. The molecule has 1 heterocycles. The van der Waals surface area contributed by atoms with E-state index in [0.717, 1.165) is 0 Å². The molecule has 1 aliphatic rings. The first-order chi connectivity index (χ1) is 4.74. The Morgan fingerprint density at radius 1 is 1.11 bits per heavy atom. The summed E-state index contributed by atoms with van der Waals surface area (Å²) in [5, 5.41) is 12.6. The number of nitrogens with zero attached hydrogens (tertiary/aromatic N) is 1. The number of carbonyl (C=O) groups excluding carboxylic acids is 1. The summed E-state index contributed by atoms with van der Waals surface area (Å²) >= 11 is 0. The molecule has 1 fully saturated rings. The average Bonchev–Trinajstić information content (AvgIpc) is 2.34. The van der Waals surface area contributed by atoms with Crippen molar-refractivity contribution in [3.8, 4) is 0 Å². The third-order valence-electron chi connectivity index (χ3n) is 1.52. The molecule has 2 atom stereocenters. The summed E-state index contributed by atoms with van der Waals surface area (Å²) in [5.41, 5.74) is 0. The van der Waals surface area contributed by atoms with Crippen molar-refractivity contribution in [1.29, 1.82) is 0 Å². The van der Waals surface area contributed by atoms with E-state index in [-0.39, 0.29) is 89.5 Å². The zero-order valence-corrected chi connectivity index (χ0v) is 15.7. The minimum atomic E-state index is -0.663. The molecular formula is C12H28NO3Rh2-4. The number of hydrogen-bond acceptors (Lipinski definition) is 3. The summed E-state index contributed by atoms with van der Waals surface area (Å²) in [7, 11) is 1.32. The van der Waals surface area contributed by atoms with Crippen LogP contribution in [-0.2, 0) is 48.5 Å². The Kier molecular flexibility index (Phi) is 74.7. The van der Waals surface area contributed by atoms with E-state index < -0.39 is 12.3 Å². The second-order valence-corrected chi connectivity index (χ2v) is 2.25. The molecule has 1 aliphatic heterocycles. The van der Waals surface area contributed by atoms with Gasteiger partial charge in [0.2, 0.25) is 0 Å². The topological polar surface area (TPSA) is 60.6 Å². The summed E-state index contributed by atoms with van der Waals surface area (Å²) in [4.78, 5) is 10.7. The van der Waals surface area contributed by atoms with E-state index in [1.807, 2.05) is 0 Å². The van der Waals surface area contributed by atoms with Gasteiger partial charge in [-0.25, -0.2) is 0 Å². The van der Waals surface area contributed by atoms with E-state index in [1.165, 1.54) is 7.11 Å². The monoisotopic (exact) mass is 440 g/mol. The van der Waals surface area contributed by atoms with Crippen molar-refractivity contribution < 1.29 is 53.6 Å². The van der Waals surface area contributed by atoms with Crippen LogP contribution in [0, 0.1) is 44.6 Å². The third-order valence-corrected chi connectivity index (χ3v) is 1.52. The first-order valence-electron chi connectivity index (χ1n) is 3.20. The molecule has 1 N–H and O–H groups in total. The number of rotatable bonds is 1. The van der Waals surface area contributed by atoms with Gasteiger partial charge >= 0.3 is 19.5 Å². The summed E-state index contributed by atoms with van der Waals surface area (Å²) in [6, 6.07) is -0.431. The van der Waals surface area contributed by atoms with Crippen LogP contribution in [-0.4, -0.2) is 30.5 Å². The van der Waals surface area contributed by atoms with Crippen molar-refractivity contribution in [3.63, 3.8) is 0 Å². The van der Waals surface area contributed by atoms with Gasteiger partial charge in [-0.05, 0) is 18.7 Å². The number of ether oxygens (including phenoxy) is 1.